The summed E-state index contributed by atoms with van der Waals surface area (Å²) in [5.74, 6) is 0.727. The van der Waals surface area contributed by atoms with Crippen molar-refractivity contribution in [1.82, 2.24) is 9.78 Å². The summed E-state index contributed by atoms with van der Waals surface area (Å²) in [7, 11) is 1.62. The SMILES string of the molecule is CCn1cc(C=O)c(-c2cc(C)ccc2OC)n1. The number of carbonyl (C=O) groups is 1. The van der Waals surface area contributed by atoms with Crippen LogP contribution in [0.25, 0.3) is 11.3 Å². The molecule has 0 radical (unpaired) electrons. The molecule has 0 spiro atoms. The molecule has 0 fully saturated rings. The summed E-state index contributed by atoms with van der Waals surface area (Å²) >= 11 is 0. The van der Waals surface area contributed by atoms with Gasteiger partial charge in [0.1, 0.15) is 11.4 Å². The number of aldehydes is 1. The minimum Gasteiger partial charge on any atom is -0.496 e. The molecule has 2 rings (SSSR count). The van der Waals surface area contributed by atoms with Crippen molar-refractivity contribution in [3.05, 3.63) is 35.5 Å². The number of methoxy groups -OCH3 is 1. The molecule has 0 saturated heterocycles. The molecule has 1 aromatic carbocycles. The van der Waals surface area contributed by atoms with Gasteiger partial charge in [0.05, 0.1) is 12.7 Å². The van der Waals surface area contributed by atoms with E-state index in [-0.39, 0.29) is 0 Å². The Hall–Kier alpha value is -2.10. The van der Waals surface area contributed by atoms with Crippen LogP contribution in [0.15, 0.2) is 24.4 Å². The topological polar surface area (TPSA) is 44.1 Å². The first-order chi connectivity index (χ1) is 8.69. The molecule has 18 heavy (non-hydrogen) atoms. The van der Waals surface area contributed by atoms with E-state index in [0.717, 1.165) is 29.7 Å². The Labute approximate surface area is 106 Å². The number of rotatable bonds is 4. The van der Waals surface area contributed by atoms with Gasteiger partial charge in [0.25, 0.3) is 0 Å². The number of benzene rings is 1. The lowest BCUT2D eigenvalue weighted by Gasteiger charge is -2.07. The summed E-state index contributed by atoms with van der Waals surface area (Å²) in [6.45, 7) is 4.72. The first-order valence-electron chi connectivity index (χ1n) is 5.87. The van der Waals surface area contributed by atoms with Crippen molar-refractivity contribution in [2.24, 2.45) is 0 Å². The van der Waals surface area contributed by atoms with Crippen molar-refractivity contribution in [2.45, 2.75) is 20.4 Å². The van der Waals surface area contributed by atoms with Crippen LogP contribution in [-0.2, 0) is 6.54 Å². The van der Waals surface area contributed by atoms with Crippen LogP contribution in [0.5, 0.6) is 5.75 Å². The fourth-order valence-electron chi connectivity index (χ4n) is 1.90. The average molecular weight is 244 g/mol. The van der Waals surface area contributed by atoms with Gasteiger partial charge < -0.3 is 4.74 Å². The Kier molecular flexibility index (Phi) is 3.46. The fourth-order valence-corrected chi connectivity index (χ4v) is 1.90. The highest BCUT2D eigenvalue weighted by Gasteiger charge is 2.14. The highest BCUT2D eigenvalue weighted by molar-refractivity contribution is 5.87. The molecule has 0 N–H and O–H groups in total. The first kappa shape index (κ1) is 12.4. The molecule has 2 aromatic rings. The van der Waals surface area contributed by atoms with E-state index in [1.165, 1.54) is 0 Å². The van der Waals surface area contributed by atoms with E-state index in [4.69, 9.17) is 4.74 Å². The molecule has 4 heteroatoms. The van der Waals surface area contributed by atoms with Gasteiger partial charge in [-0.15, -0.1) is 0 Å². The zero-order valence-electron chi connectivity index (χ0n) is 10.8. The summed E-state index contributed by atoms with van der Waals surface area (Å²) in [4.78, 5) is 11.1. The van der Waals surface area contributed by atoms with Gasteiger partial charge in [-0.05, 0) is 26.0 Å². The van der Waals surface area contributed by atoms with Crippen LogP contribution in [0, 0.1) is 6.92 Å². The van der Waals surface area contributed by atoms with Crippen LogP contribution < -0.4 is 4.74 Å². The maximum Gasteiger partial charge on any atom is 0.153 e. The third-order valence-corrected chi connectivity index (χ3v) is 2.85. The minimum atomic E-state index is 0.584. The van der Waals surface area contributed by atoms with Crippen LogP contribution in [0.1, 0.15) is 22.8 Å². The Bertz CT molecular complexity index is 573. The van der Waals surface area contributed by atoms with Crippen molar-refractivity contribution < 1.29 is 9.53 Å². The Morgan fingerprint density at radius 1 is 1.44 bits per heavy atom. The molecule has 0 aliphatic rings. The molecule has 0 bridgehead atoms. The van der Waals surface area contributed by atoms with Gasteiger partial charge >= 0.3 is 0 Å². The second kappa shape index (κ2) is 5.04. The predicted octanol–water partition coefficient (Wildman–Crippen LogP) is 2.70. The highest BCUT2D eigenvalue weighted by Crippen LogP contribution is 2.31. The second-order valence-electron chi connectivity index (χ2n) is 4.11. The Balaban J connectivity index is 2.63. The largest absolute Gasteiger partial charge is 0.496 e. The zero-order valence-corrected chi connectivity index (χ0v) is 10.8. The molecule has 1 aromatic heterocycles. The normalized spacial score (nSPS) is 10.4. The average Bonchev–Trinajstić information content (AvgIpc) is 2.81. The number of aromatic nitrogens is 2. The summed E-state index contributed by atoms with van der Waals surface area (Å²) in [5, 5.41) is 4.42. The lowest BCUT2D eigenvalue weighted by molar-refractivity contribution is 0.112. The molecule has 0 aliphatic heterocycles. The number of hydrogen-bond acceptors (Lipinski definition) is 3. The van der Waals surface area contributed by atoms with Gasteiger partial charge in [0, 0.05) is 18.3 Å². The molecular weight excluding hydrogens is 228 g/mol. The van der Waals surface area contributed by atoms with E-state index >= 15 is 0 Å². The van der Waals surface area contributed by atoms with Crippen molar-refractivity contribution in [1.29, 1.82) is 0 Å². The summed E-state index contributed by atoms with van der Waals surface area (Å²) in [5.41, 5.74) is 3.22. The summed E-state index contributed by atoms with van der Waals surface area (Å²) < 4.78 is 7.08. The molecule has 0 amide bonds. The molecule has 94 valence electrons. The smallest absolute Gasteiger partial charge is 0.153 e. The zero-order chi connectivity index (χ0) is 13.1. The summed E-state index contributed by atoms with van der Waals surface area (Å²) in [6.07, 6.45) is 2.58. The van der Waals surface area contributed by atoms with E-state index in [1.807, 2.05) is 32.0 Å². The lowest BCUT2D eigenvalue weighted by atomic mass is 10.1. The number of aryl methyl sites for hydroxylation is 2. The van der Waals surface area contributed by atoms with Crippen LogP contribution in [-0.4, -0.2) is 23.2 Å². The van der Waals surface area contributed by atoms with E-state index in [9.17, 15) is 4.79 Å². The van der Waals surface area contributed by atoms with E-state index in [1.54, 1.807) is 18.0 Å². The fraction of sp³-hybridized carbons (Fsp3) is 0.286. The summed E-state index contributed by atoms with van der Waals surface area (Å²) in [6, 6.07) is 5.85. The van der Waals surface area contributed by atoms with Crippen LogP contribution in [0.2, 0.25) is 0 Å². The van der Waals surface area contributed by atoms with Gasteiger partial charge in [-0.3, -0.25) is 9.48 Å². The molecule has 0 atom stereocenters. The van der Waals surface area contributed by atoms with Gasteiger partial charge in [0.15, 0.2) is 6.29 Å². The third kappa shape index (κ3) is 2.14. The maximum atomic E-state index is 11.1. The molecule has 1 heterocycles. The highest BCUT2D eigenvalue weighted by atomic mass is 16.5. The Morgan fingerprint density at radius 3 is 2.83 bits per heavy atom. The molecular formula is C14H16N2O2. The van der Waals surface area contributed by atoms with E-state index in [2.05, 4.69) is 5.10 Å². The maximum absolute atomic E-state index is 11.1. The minimum absolute atomic E-state index is 0.584. The monoisotopic (exact) mass is 244 g/mol. The van der Waals surface area contributed by atoms with Crippen molar-refractivity contribution in [2.75, 3.05) is 7.11 Å². The molecule has 4 nitrogen and oxygen atoms in total. The van der Waals surface area contributed by atoms with Gasteiger partial charge in [-0.2, -0.15) is 5.10 Å². The van der Waals surface area contributed by atoms with Crippen molar-refractivity contribution in [3.63, 3.8) is 0 Å². The van der Waals surface area contributed by atoms with Crippen molar-refractivity contribution in [3.8, 4) is 17.0 Å². The molecule has 0 aliphatic carbocycles. The lowest BCUT2D eigenvalue weighted by Crippen LogP contribution is -1.95. The van der Waals surface area contributed by atoms with Crippen LogP contribution in [0.4, 0.5) is 0 Å². The van der Waals surface area contributed by atoms with Crippen LogP contribution in [0.3, 0.4) is 0 Å². The van der Waals surface area contributed by atoms with Crippen molar-refractivity contribution >= 4 is 6.29 Å². The van der Waals surface area contributed by atoms with Crippen LogP contribution >= 0.6 is 0 Å². The second-order valence-corrected chi connectivity index (χ2v) is 4.11. The number of carbonyl (C=O) groups excluding carboxylic acids is 1. The standard InChI is InChI=1S/C14H16N2O2/c1-4-16-8-11(9-17)14(15-16)12-7-10(2)5-6-13(12)18-3/h5-9H,4H2,1-3H3. The third-order valence-electron chi connectivity index (χ3n) is 2.85. The van der Waals surface area contributed by atoms with Gasteiger partial charge in [0.2, 0.25) is 0 Å². The number of hydrogen-bond donors (Lipinski definition) is 0. The molecule has 0 unspecified atom stereocenters. The van der Waals surface area contributed by atoms with E-state index in [0.29, 0.717) is 11.3 Å². The van der Waals surface area contributed by atoms with Gasteiger partial charge in [-0.1, -0.05) is 11.6 Å². The predicted molar refractivity (Wildman–Crippen MR) is 70.0 cm³/mol. The number of nitrogens with zero attached hydrogens (tertiary/aromatic N) is 2. The van der Waals surface area contributed by atoms with Gasteiger partial charge in [-0.25, -0.2) is 0 Å². The molecule has 0 saturated carbocycles. The number of ether oxygens (including phenoxy) is 1. The van der Waals surface area contributed by atoms with E-state index < -0.39 is 0 Å². The first-order valence-corrected chi connectivity index (χ1v) is 5.87. The Morgan fingerprint density at radius 2 is 2.22 bits per heavy atom. The quantitative estimate of drug-likeness (QED) is 0.777.